The summed E-state index contributed by atoms with van der Waals surface area (Å²) >= 11 is 0. The van der Waals surface area contributed by atoms with Gasteiger partial charge in [-0.1, -0.05) is 26.3 Å². The molecule has 124 valence electrons. The summed E-state index contributed by atoms with van der Waals surface area (Å²) in [7, 11) is 0. The van der Waals surface area contributed by atoms with Crippen LogP contribution in [0.3, 0.4) is 0 Å². The van der Waals surface area contributed by atoms with Crippen molar-refractivity contribution in [2.45, 2.75) is 39.2 Å². The number of hydrogen-bond donors (Lipinski definition) is 2. The molecule has 0 aromatic carbocycles. The van der Waals surface area contributed by atoms with Crippen LogP contribution in [0.25, 0.3) is 5.65 Å². The summed E-state index contributed by atoms with van der Waals surface area (Å²) in [5, 5.41) is 11.7. The molecule has 2 heterocycles. The van der Waals surface area contributed by atoms with Crippen LogP contribution in [-0.4, -0.2) is 27.0 Å². The number of pyridine rings is 1. The summed E-state index contributed by atoms with van der Waals surface area (Å²) in [6.07, 6.45) is 5.00. The molecule has 1 unspecified atom stereocenters. The zero-order valence-electron chi connectivity index (χ0n) is 13.8. The van der Waals surface area contributed by atoms with Gasteiger partial charge in [0.05, 0.1) is 6.04 Å². The maximum atomic E-state index is 12.7. The largest absolute Gasteiger partial charge is 0.346 e. The minimum absolute atomic E-state index is 0.0282. The van der Waals surface area contributed by atoms with Crippen LogP contribution in [0.5, 0.6) is 0 Å². The van der Waals surface area contributed by atoms with Crippen LogP contribution in [0, 0.1) is 17.8 Å². The molecule has 0 saturated heterocycles. The highest BCUT2D eigenvalue weighted by atomic mass is 16.2. The molecule has 23 heavy (non-hydrogen) atoms. The number of aromatic nitrogens is 3. The van der Waals surface area contributed by atoms with Gasteiger partial charge in [-0.3, -0.25) is 9.20 Å². The molecular weight excluding hydrogens is 290 g/mol. The molecule has 0 bridgehead atoms. The van der Waals surface area contributed by atoms with E-state index in [0.717, 1.165) is 30.7 Å². The molecule has 3 atom stereocenters. The van der Waals surface area contributed by atoms with E-state index in [1.807, 2.05) is 28.8 Å². The Bertz CT molecular complexity index is 680. The maximum Gasteiger partial charge on any atom is 0.224 e. The van der Waals surface area contributed by atoms with Crippen molar-refractivity contribution in [2.75, 3.05) is 6.54 Å². The first-order valence-corrected chi connectivity index (χ1v) is 8.42. The van der Waals surface area contributed by atoms with Gasteiger partial charge >= 0.3 is 0 Å². The predicted octanol–water partition coefficient (Wildman–Crippen LogP) is 1.92. The lowest BCUT2D eigenvalue weighted by atomic mass is 9.94. The molecule has 1 fully saturated rings. The molecule has 6 nitrogen and oxygen atoms in total. The third-order valence-corrected chi connectivity index (χ3v) is 4.88. The number of amides is 1. The lowest BCUT2D eigenvalue weighted by Crippen LogP contribution is -2.39. The highest BCUT2D eigenvalue weighted by molar-refractivity contribution is 5.79. The molecule has 1 aliphatic rings. The Morgan fingerprint density at radius 2 is 2.22 bits per heavy atom. The number of hydrogen-bond acceptors (Lipinski definition) is 4. The van der Waals surface area contributed by atoms with Crippen molar-refractivity contribution in [1.29, 1.82) is 0 Å². The van der Waals surface area contributed by atoms with Crippen molar-refractivity contribution in [3.8, 4) is 0 Å². The number of carbonyl (C=O) groups is 1. The summed E-state index contributed by atoms with van der Waals surface area (Å²) in [6.45, 7) is 4.76. The Balaban J connectivity index is 1.83. The first kappa shape index (κ1) is 15.9. The second-order valence-electron chi connectivity index (χ2n) is 6.75. The topological polar surface area (TPSA) is 85.3 Å². The highest BCUT2D eigenvalue weighted by Crippen LogP contribution is 2.32. The first-order chi connectivity index (χ1) is 11.1. The molecule has 1 aliphatic carbocycles. The van der Waals surface area contributed by atoms with E-state index in [0.29, 0.717) is 12.5 Å². The van der Waals surface area contributed by atoms with E-state index in [-0.39, 0.29) is 23.8 Å². The Morgan fingerprint density at radius 3 is 2.96 bits per heavy atom. The second-order valence-corrected chi connectivity index (χ2v) is 6.75. The molecular formula is C17H25N5O. The summed E-state index contributed by atoms with van der Waals surface area (Å²) in [5.74, 6) is 1.44. The summed E-state index contributed by atoms with van der Waals surface area (Å²) in [5.41, 5.74) is 6.61. The third-order valence-electron chi connectivity index (χ3n) is 4.88. The van der Waals surface area contributed by atoms with Crippen molar-refractivity contribution in [2.24, 2.45) is 23.5 Å². The fraction of sp³-hybridized carbons (Fsp3) is 0.588. The minimum atomic E-state index is -0.154. The van der Waals surface area contributed by atoms with Crippen molar-refractivity contribution in [3.05, 3.63) is 30.2 Å². The lowest BCUT2D eigenvalue weighted by molar-refractivity contribution is -0.127. The molecule has 6 heteroatoms. The summed E-state index contributed by atoms with van der Waals surface area (Å²) < 4.78 is 1.94. The van der Waals surface area contributed by atoms with Crippen LogP contribution in [0.15, 0.2) is 24.4 Å². The predicted molar refractivity (Wildman–Crippen MR) is 88.6 cm³/mol. The molecule has 0 spiro atoms. The quantitative estimate of drug-likeness (QED) is 0.882. The average Bonchev–Trinajstić information content (AvgIpc) is 3.18. The van der Waals surface area contributed by atoms with Crippen LogP contribution in [0.1, 0.15) is 45.0 Å². The fourth-order valence-corrected chi connectivity index (χ4v) is 3.53. The van der Waals surface area contributed by atoms with Gasteiger partial charge in [-0.2, -0.15) is 0 Å². The zero-order valence-corrected chi connectivity index (χ0v) is 13.8. The second kappa shape index (κ2) is 6.66. The first-order valence-electron chi connectivity index (χ1n) is 8.42. The normalized spacial score (nSPS) is 22.6. The fourth-order valence-electron chi connectivity index (χ4n) is 3.53. The van der Waals surface area contributed by atoms with E-state index in [4.69, 9.17) is 5.73 Å². The van der Waals surface area contributed by atoms with Crippen molar-refractivity contribution in [1.82, 2.24) is 19.9 Å². The van der Waals surface area contributed by atoms with Crippen LogP contribution < -0.4 is 11.1 Å². The lowest BCUT2D eigenvalue weighted by Gasteiger charge is -2.24. The molecule has 0 radical (unpaired) electrons. The van der Waals surface area contributed by atoms with Gasteiger partial charge in [0.2, 0.25) is 5.91 Å². The van der Waals surface area contributed by atoms with Crippen LogP contribution in [0.4, 0.5) is 0 Å². The van der Waals surface area contributed by atoms with Crippen molar-refractivity contribution in [3.63, 3.8) is 0 Å². The molecule has 0 aliphatic heterocycles. The van der Waals surface area contributed by atoms with E-state index >= 15 is 0 Å². The van der Waals surface area contributed by atoms with Gasteiger partial charge in [0.1, 0.15) is 0 Å². The number of fused-ring (bicyclic) bond motifs is 1. The average molecular weight is 315 g/mol. The molecule has 2 aromatic rings. The van der Waals surface area contributed by atoms with E-state index in [9.17, 15) is 4.79 Å². The number of rotatable bonds is 5. The molecule has 1 saturated carbocycles. The van der Waals surface area contributed by atoms with E-state index < -0.39 is 0 Å². The zero-order chi connectivity index (χ0) is 16.4. The van der Waals surface area contributed by atoms with Gasteiger partial charge in [-0.05, 0) is 43.4 Å². The number of nitrogens with one attached hydrogen (secondary N) is 1. The summed E-state index contributed by atoms with van der Waals surface area (Å²) in [6, 6.07) is 5.64. The molecule has 3 rings (SSSR count). The van der Waals surface area contributed by atoms with Crippen LogP contribution in [0.2, 0.25) is 0 Å². The van der Waals surface area contributed by atoms with E-state index in [2.05, 4.69) is 29.4 Å². The Morgan fingerprint density at radius 1 is 1.39 bits per heavy atom. The molecule has 3 N–H and O–H groups in total. The Hall–Kier alpha value is -1.95. The van der Waals surface area contributed by atoms with E-state index in [1.165, 1.54) is 0 Å². The van der Waals surface area contributed by atoms with Crippen molar-refractivity contribution < 1.29 is 4.79 Å². The van der Waals surface area contributed by atoms with Gasteiger partial charge in [0.25, 0.3) is 0 Å². The molecule has 2 aromatic heterocycles. The smallest absolute Gasteiger partial charge is 0.224 e. The van der Waals surface area contributed by atoms with Gasteiger partial charge in [0, 0.05) is 12.1 Å². The van der Waals surface area contributed by atoms with E-state index in [1.54, 1.807) is 0 Å². The van der Waals surface area contributed by atoms with Gasteiger partial charge < -0.3 is 11.1 Å². The van der Waals surface area contributed by atoms with Crippen molar-refractivity contribution >= 4 is 11.6 Å². The minimum Gasteiger partial charge on any atom is -0.346 e. The standard InChI is InChI=1S/C17H25N5O/c1-11(2)15(16-21-20-14-8-3-4-9-22(14)16)19-17(23)13-7-5-6-12(13)10-18/h3-4,8-9,11-13,15H,5-7,10,18H2,1-2H3,(H,19,23)/t12-,13-,15?/m1/s1. The van der Waals surface area contributed by atoms with Gasteiger partial charge in [0.15, 0.2) is 11.5 Å². The third kappa shape index (κ3) is 3.08. The maximum absolute atomic E-state index is 12.7. The Kier molecular flexibility index (Phi) is 4.61. The Labute approximate surface area is 136 Å². The van der Waals surface area contributed by atoms with Crippen LogP contribution >= 0.6 is 0 Å². The number of nitrogens with zero attached hydrogens (tertiary/aromatic N) is 3. The highest BCUT2D eigenvalue weighted by Gasteiger charge is 2.34. The number of nitrogens with two attached hydrogens (primary N) is 1. The van der Waals surface area contributed by atoms with Gasteiger partial charge in [-0.25, -0.2) is 0 Å². The van der Waals surface area contributed by atoms with Crippen LogP contribution in [-0.2, 0) is 4.79 Å². The number of carbonyl (C=O) groups excluding carboxylic acids is 1. The molecule has 1 amide bonds. The van der Waals surface area contributed by atoms with Gasteiger partial charge in [-0.15, -0.1) is 10.2 Å². The SMILES string of the molecule is CC(C)C(NC(=O)[C@@H]1CCC[C@@H]1CN)c1nnc2ccccn12. The monoisotopic (exact) mass is 315 g/mol. The summed E-state index contributed by atoms with van der Waals surface area (Å²) in [4.78, 5) is 12.7.